The van der Waals surface area contributed by atoms with Crippen LogP contribution >= 0.6 is 9.24 Å². The van der Waals surface area contributed by atoms with E-state index >= 15 is 0 Å². The van der Waals surface area contributed by atoms with Gasteiger partial charge in [-0.15, -0.1) is 5.10 Å². The van der Waals surface area contributed by atoms with Crippen LogP contribution in [0.4, 0.5) is 16.0 Å². The first-order chi connectivity index (χ1) is 13.5. The standard InChI is InChI=1S/C17H18FN8OP/c1-9(11-6-19-4-3-12(11)18)26-17-13(7-21-26)20-8-15(23-17)22-14-5-16(25-24-14)27-10(2)28/h3-10H,28H2,1-2H3,(H2,22,23,24,25)/t9-,10?/m0/s1. The monoisotopic (exact) mass is 400 g/mol. The molecule has 2 N–H and O–H groups in total. The Morgan fingerprint density at radius 1 is 1.29 bits per heavy atom. The minimum absolute atomic E-state index is 0.0593. The number of ether oxygens (including phenoxy) is 1. The summed E-state index contributed by atoms with van der Waals surface area (Å²) in [6.07, 6.45) is 6.08. The summed E-state index contributed by atoms with van der Waals surface area (Å²) < 4.78 is 21.2. The molecule has 4 aromatic heterocycles. The quantitative estimate of drug-likeness (QED) is 0.479. The molecule has 3 atom stereocenters. The van der Waals surface area contributed by atoms with Crippen molar-refractivity contribution in [3.05, 3.63) is 48.3 Å². The molecule has 4 rings (SSSR count). The van der Waals surface area contributed by atoms with Gasteiger partial charge in [0.2, 0.25) is 5.88 Å². The second kappa shape index (κ2) is 7.47. The summed E-state index contributed by atoms with van der Waals surface area (Å²) in [6.45, 7) is 3.72. The van der Waals surface area contributed by atoms with Gasteiger partial charge in [0, 0.05) is 24.0 Å². The molecule has 0 aliphatic rings. The van der Waals surface area contributed by atoms with E-state index in [9.17, 15) is 4.39 Å². The minimum Gasteiger partial charge on any atom is -0.470 e. The van der Waals surface area contributed by atoms with Gasteiger partial charge in [0.1, 0.15) is 23.0 Å². The number of hydrogen-bond acceptors (Lipinski definition) is 7. The molecule has 11 heteroatoms. The van der Waals surface area contributed by atoms with Gasteiger partial charge in [0.05, 0.1) is 18.4 Å². The second-order valence-corrected chi connectivity index (χ2v) is 7.13. The van der Waals surface area contributed by atoms with E-state index < -0.39 is 6.04 Å². The normalized spacial score (nSPS) is 13.4. The molecule has 28 heavy (non-hydrogen) atoms. The van der Waals surface area contributed by atoms with Gasteiger partial charge >= 0.3 is 0 Å². The van der Waals surface area contributed by atoms with Crippen molar-refractivity contribution >= 4 is 32.0 Å². The summed E-state index contributed by atoms with van der Waals surface area (Å²) in [5.41, 5.74) is 1.55. The van der Waals surface area contributed by atoms with Crippen LogP contribution in [-0.4, -0.2) is 40.8 Å². The molecule has 0 radical (unpaired) electrons. The van der Waals surface area contributed by atoms with Gasteiger partial charge in [-0.25, -0.2) is 19.0 Å². The third-order valence-corrected chi connectivity index (χ3v) is 4.18. The number of hydrogen-bond donors (Lipinski definition) is 2. The molecule has 0 aliphatic carbocycles. The average Bonchev–Trinajstić information content (AvgIpc) is 3.27. The first kappa shape index (κ1) is 18.2. The Kier molecular flexibility index (Phi) is 4.87. The van der Waals surface area contributed by atoms with Gasteiger partial charge in [-0.05, 0) is 19.9 Å². The van der Waals surface area contributed by atoms with Gasteiger partial charge in [0.25, 0.3) is 0 Å². The van der Waals surface area contributed by atoms with Crippen LogP contribution < -0.4 is 10.1 Å². The van der Waals surface area contributed by atoms with E-state index in [2.05, 4.69) is 44.8 Å². The van der Waals surface area contributed by atoms with E-state index in [1.807, 2.05) is 13.8 Å². The minimum atomic E-state index is -0.397. The Morgan fingerprint density at radius 3 is 2.93 bits per heavy atom. The predicted molar refractivity (Wildman–Crippen MR) is 105 cm³/mol. The van der Waals surface area contributed by atoms with Crippen LogP contribution in [0.15, 0.2) is 36.9 Å². The predicted octanol–water partition coefficient (Wildman–Crippen LogP) is 3.04. The molecule has 9 nitrogen and oxygen atoms in total. The zero-order chi connectivity index (χ0) is 19.7. The van der Waals surface area contributed by atoms with E-state index in [0.29, 0.717) is 34.2 Å². The Balaban J connectivity index is 1.63. The fraction of sp³-hybridized carbons (Fsp3) is 0.235. The topological polar surface area (TPSA) is 106 Å². The first-order valence-electron chi connectivity index (χ1n) is 8.55. The summed E-state index contributed by atoms with van der Waals surface area (Å²) in [5.74, 6) is 1.15. The van der Waals surface area contributed by atoms with Crippen LogP contribution in [0.3, 0.4) is 0 Å². The lowest BCUT2D eigenvalue weighted by molar-refractivity contribution is 0.294. The molecule has 4 aromatic rings. The number of nitrogens with one attached hydrogen (secondary N) is 2. The Labute approximate surface area is 162 Å². The molecule has 0 saturated carbocycles. The Bertz CT molecular complexity index is 1110. The molecular weight excluding hydrogens is 382 g/mol. The van der Waals surface area contributed by atoms with Crippen molar-refractivity contribution in [2.45, 2.75) is 25.7 Å². The van der Waals surface area contributed by atoms with Gasteiger partial charge in [0.15, 0.2) is 11.5 Å². The Morgan fingerprint density at radius 2 is 2.14 bits per heavy atom. The molecule has 2 unspecified atom stereocenters. The zero-order valence-corrected chi connectivity index (χ0v) is 16.3. The second-order valence-electron chi connectivity index (χ2n) is 6.19. The average molecular weight is 400 g/mol. The van der Waals surface area contributed by atoms with Crippen molar-refractivity contribution in [2.24, 2.45) is 0 Å². The van der Waals surface area contributed by atoms with E-state index in [0.717, 1.165) is 0 Å². The van der Waals surface area contributed by atoms with Crippen molar-refractivity contribution in [3.8, 4) is 5.88 Å². The highest BCUT2D eigenvalue weighted by Crippen LogP contribution is 2.24. The van der Waals surface area contributed by atoms with E-state index in [1.54, 1.807) is 23.1 Å². The molecule has 4 heterocycles. The number of rotatable bonds is 6. The maximum Gasteiger partial charge on any atom is 0.235 e. The summed E-state index contributed by atoms with van der Waals surface area (Å²) in [6, 6.07) is 2.65. The fourth-order valence-corrected chi connectivity index (χ4v) is 2.89. The van der Waals surface area contributed by atoms with Gasteiger partial charge in [-0.2, -0.15) is 5.10 Å². The molecule has 0 bridgehead atoms. The zero-order valence-electron chi connectivity index (χ0n) is 15.2. The third-order valence-electron chi connectivity index (χ3n) is 4.04. The molecule has 0 amide bonds. The highest BCUT2D eigenvalue weighted by Gasteiger charge is 2.18. The summed E-state index contributed by atoms with van der Waals surface area (Å²) in [5, 5.41) is 14.3. The molecule has 0 aliphatic heterocycles. The highest BCUT2D eigenvalue weighted by molar-refractivity contribution is 7.17. The molecular formula is C17H18FN8OP. The highest BCUT2D eigenvalue weighted by atomic mass is 31.0. The van der Waals surface area contributed by atoms with Crippen molar-refractivity contribution in [1.82, 2.24) is 34.9 Å². The number of fused-ring (bicyclic) bond motifs is 1. The van der Waals surface area contributed by atoms with Crippen molar-refractivity contribution in [3.63, 3.8) is 0 Å². The number of aromatic nitrogens is 7. The number of nitrogens with zero attached hydrogens (tertiary/aromatic N) is 6. The SMILES string of the molecule is CC(P)Oc1cc(Nc2cnc3cnn([C@@H](C)c4cnccc4F)c3n2)[nH]n1. The number of anilines is 2. The lowest BCUT2D eigenvalue weighted by atomic mass is 10.1. The molecule has 0 fully saturated rings. The van der Waals surface area contributed by atoms with Crippen LogP contribution in [0, 0.1) is 5.82 Å². The van der Waals surface area contributed by atoms with Crippen molar-refractivity contribution < 1.29 is 9.13 Å². The van der Waals surface area contributed by atoms with Crippen molar-refractivity contribution in [2.75, 3.05) is 5.32 Å². The van der Waals surface area contributed by atoms with Crippen LogP contribution in [-0.2, 0) is 0 Å². The fourth-order valence-electron chi connectivity index (χ4n) is 2.75. The van der Waals surface area contributed by atoms with Crippen LogP contribution in [0.5, 0.6) is 5.88 Å². The summed E-state index contributed by atoms with van der Waals surface area (Å²) >= 11 is 0. The molecule has 0 saturated heterocycles. The van der Waals surface area contributed by atoms with Gasteiger partial charge < -0.3 is 10.1 Å². The maximum atomic E-state index is 14.1. The number of H-pyrrole nitrogens is 1. The number of pyridine rings is 1. The van der Waals surface area contributed by atoms with E-state index in [-0.39, 0.29) is 11.7 Å². The van der Waals surface area contributed by atoms with Gasteiger partial charge in [-0.3, -0.25) is 10.1 Å². The largest absolute Gasteiger partial charge is 0.470 e. The van der Waals surface area contributed by atoms with Crippen molar-refractivity contribution in [1.29, 1.82) is 0 Å². The Hall–Kier alpha value is -3.13. The van der Waals surface area contributed by atoms with Crippen LogP contribution in [0.25, 0.3) is 11.2 Å². The van der Waals surface area contributed by atoms with Crippen LogP contribution in [0.2, 0.25) is 0 Å². The molecule has 0 aromatic carbocycles. The van der Waals surface area contributed by atoms with Gasteiger partial charge in [-0.1, -0.05) is 9.24 Å². The third kappa shape index (κ3) is 3.63. The number of halogens is 1. The summed E-state index contributed by atoms with van der Waals surface area (Å²) in [4.78, 5) is 12.9. The van der Waals surface area contributed by atoms with E-state index in [4.69, 9.17) is 4.74 Å². The molecule has 144 valence electrons. The molecule has 0 spiro atoms. The van der Waals surface area contributed by atoms with E-state index in [1.165, 1.54) is 18.5 Å². The number of aromatic amines is 1. The lowest BCUT2D eigenvalue weighted by Gasteiger charge is -2.14. The smallest absolute Gasteiger partial charge is 0.235 e. The lowest BCUT2D eigenvalue weighted by Crippen LogP contribution is -2.11. The summed E-state index contributed by atoms with van der Waals surface area (Å²) in [7, 11) is 2.53. The first-order valence-corrected chi connectivity index (χ1v) is 9.22. The van der Waals surface area contributed by atoms with Crippen LogP contribution in [0.1, 0.15) is 25.5 Å². The maximum absolute atomic E-state index is 14.1.